The number of hydrazine groups is 1. The fourth-order valence-corrected chi connectivity index (χ4v) is 2.62. The van der Waals surface area contributed by atoms with Crippen LogP contribution >= 0.6 is 0 Å². The minimum Gasteiger partial charge on any atom is -0.381 e. The van der Waals surface area contributed by atoms with Crippen molar-refractivity contribution in [3.05, 3.63) is 47.7 Å². The van der Waals surface area contributed by atoms with Gasteiger partial charge >= 0.3 is 6.03 Å². The summed E-state index contributed by atoms with van der Waals surface area (Å²) in [5.74, 6) is -0.160. The number of amides is 3. The highest BCUT2D eigenvalue weighted by atomic mass is 16.5. The molecular formula is C24H40N6O3. The Morgan fingerprint density at radius 3 is 2.39 bits per heavy atom. The predicted molar refractivity (Wildman–Crippen MR) is 131 cm³/mol. The van der Waals surface area contributed by atoms with E-state index < -0.39 is 0 Å². The number of unbranched alkanes of at least 4 members (excludes halogenated alkanes) is 1. The van der Waals surface area contributed by atoms with E-state index in [1.807, 2.05) is 57.3 Å². The van der Waals surface area contributed by atoms with Crippen molar-refractivity contribution in [1.82, 2.24) is 26.0 Å². The molecule has 0 spiro atoms. The number of carbonyl (C=O) groups excluding carboxylic acids is 2. The zero-order valence-corrected chi connectivity index (χ0v) is 20.7. The molecule has 0 bridgehead atoms. The van der Waals surface area contributed by atoms with E-state index in [1.54, 1.807) is 19.1 Å². The average Bonchev–Trinajstić information content (AvgIpc) is 2.83. The van der Waals surface area contributed by atoms with Crippen LogP contribution < -0.4 is 16.0 Å². The van der Waals surface area contributed by atoms with Crippen molar-refractivity contribution >= 4 is 11.9 Å². The molecule has 0 aliphatic carbocycles. The maximum absolute atomic E-state index is 12.4. The number of likely N-dealkylation sites (N-methyl/N-ethyl adjacent to an activating group) is 2. The maximum atomic E-state index is 12.4. The fourth-order valence-electron chi connectivity index (χ4n) is 2.62. The number of nitrogens with zero attached hydrogens (tertiary/aromatic N) is 3. The normalized spacial score (nSPS) is 10.6. The maximum Gasteiger partial charge on any atom is 0.336 e. The van der Waals surface area contributed by atoms with Gasteiger partial charge in [-0.2, -0.15) is 5.26 Å². The molecule has 0 heterocycles. The first-order valence-corrected chi connectivity index (χ1v) is 11.2. The third kappa shape index (κ3) is 14.7. The Hall–Kier alpha value is -2.93. The molecule has 3 N–H and O–H groups in total. The average molecular weight is 461 g/mol. The molecule has 0 aliphatic rings. The largest absolute Gasteiger partial charge is 0.381 e. The van der Waals surface area contributed by atoms with Crippen LogP contribution in [-0.4, -0.2) is 69.4 Å². The molecule has 0 saturated carbocycles. The molecule has 9 nitrogen and oxygen atoms in total. The fraction of sp³-hybridized carbons (Fsp3) is 0.542. The number of benzene rings is 1. The molecule has 0 saturated heterocycles. The first kappa shape index (κ1) is 30.1. The van der Waals surface area contributed by atoms with Crippen LogP contribution in [0.15, 0.2) is 42.1 Å². The van der Waals surface area contributed by atoms with Gasteiger partial charge in [0.1, 0.15) is 0 Å². The lowest BCUT2D eigenvalue weighted by Gasteiger charge is -2.31. The monoisotopic (exact) mass is 460 g/mol. The Kier molecular flexibility index (Phi) is 18.0. The zero-order valence-electron chi connectivity index (χ0n) is 20.7. The molecule has 1 rings (SSSR count). The molecule has 0 atom stereocenters. The van der Waals surface area contributed by atoms with E-state index in [1.165, 1.54) is 5.01 Å². The smallest absolute Gasteiger partial charge is 0.336 e. The third-order valence-corrected chi connectivity index (χ3v) is 4.52. The number of allylic oxidation sites excluding steroid dienone is 2. The standard InChI is InChI=1S/C16H24N4O2.C8H16N2O/c1-5-13(2)20(19(4)12-15(21)17-3)16(22)18-11-14-9-7-6-8-10-14;1-10-6-4-8-11-7-3-2-5-9/h5-10H,11-12H2,1-4H3,(H,17,21)(H,18,22);10H,2-4,6-8H2,1H3/b13-5+;. The van der Waals surface area contributed by atoms with Gasteiger partial charge in [0.2, 0.25) is 5.91 Å². The van der Waals surface area contributed by atoms with Crippen LogP contribution in [0.4, 0.5) is 4.79 Å². The van der Waals surface area contributed by atoms with Crippen LogP contribution in [0, 0.1) is 11.3 Å². The van der Waals surface area contributed by atoms with E-state index in [-0.39, 0.29) is 18.5 Å². The number of nitrogens with one attached hydrogen (secondary N) is 3. The van der Waals surface area contributed by atoms with Crippen molar-refractivity contribution in [2.24, 2.45) is 0 Å². The van der Waals surface area contributed by atoms with E-state index >= 15 is 0 Å². The van der Waals surface area contributed by atoms with Gasteiger partial charge in [0.05, 0.1) is 12.6 Å². The molecule has 0 unspecified atom stereocenters. The summed E-state index contributed by atoms with van der Waals surface area (Å²) in [7, 11) is 5.19. The first-order chi connectivity index (χ1) is 15.9. The van der Waals surface area contributed by atoms with Crippen LogP contribution in [0.25, 0.3) is 0 Å². The van der Waals surface area contributed by atoms with Crippen molar-refractivity contribution in [2.75, 3.05) is 47.4 Å². The van der Waals surface area contributed by atoms with E-state index in [0.29, 0.717) is 13.0 Å². The van der Waals surface area contributed by atoms with Gasteiger partial charge in [0.25, 0.3) is 0 Å². The summed E-state index contributed by atoms with van der Waals surface area (Å²) in [5.41, 5.74) is 1.76. The van der Waals surface area contributed by atoms with E-state index in [9.17, 15) is 9.59 Å². The van der Waals surface area contributed by atoms with Crippen LogP contribution in [-0.2, 0) is 16.1 Å². The number of hydrogen-bond acceptors (Lipinski definition) is 6. The summed E-state index contributed by atoms with van der Waals surface area (Å²) >= 11 is 0. The molecule has 9 heteroatoms. The summed E-state index contributed by atoms with van der Waals surface area (Å²) < 4.78 is 5.25. The Bertz CT molecular complexity index is 733. The van der Waals surface area contributed by atoms with Crippen LogP contribution in [0.5, 0.6) is 0 Å². The molecule has 3 amide bonds. The number of ether oxygens (including phenoxy) is 1. The van der Waals surface area contributed by atoms with E-state index in [2.05, 4.69) is 22.0 Å². The summed E-state index contributed by atoms with van der Waals surface area (Å²) in [5, 5.41) is 19.7. The Labute approximate surface area is 198 Å². The minimum atomic E-state index is -0.272. The predicted octanol–water partition coefficient (Wildman–Crippen LogP) is 2.63. The van der Waals surface area contributed by atoms with Gasteiger partial charge < -0.3 is 20.7 Å². The van der Waals surface area contributed by atoms with Gasteiger partial charge in [-0.15, -0.1) is 0 Å². The third-order valence-electron chi connectivity index (χ3n) is 4.52. The molecule has 1 aromatic rings. The Balaban J connectivity index is 0.000000785. The molecule has 1 aromatic carbocycles. The number of hydrogen-bond donors (Lipinski definition) is 3. The molecular weight excluding hydrogens is 420 g/mol. The lowest BCUT2D eigenvalue weighted by Crippen LogP contribution is -2.50. The lowest BCUT2D eigenvalue weighted by atomic mass is 10.2. The highest BCUT2D eigenvalue weighted by Crippen LogP contribution is 2.08. The SMILES string of the molecule is C/C=C(\C)N(C(=O)NCc1ccccc1)N(C)CC(=O)NC.CNCCCOCCCC#N. The highest BCUT2D eigenvalue weighted by Gasteiger charge is 2.21. The second-order valence-electron chi connectivity index (χ2n) is 7.21. The highest BCUT2D eigenvalue weighted by molar-refractivity contribution is 5.79. The number of urea groups is 1. The van der Waals surface area contributed by atoms with Gasteiger partial charge in [-0.25, -0.2) is 14.8 Å². The quantitative estimate of drug-likeness (QED) is 0.308. The molecule has 184 valence electrons. The molecule has 0 aromatic heterocycles. The second-order valence-corrected chi connectivity index (χ2v) is 7.21. The van der Waals surface area contributed by atoms with Crippen molar-refractivity contribution in [3.8, 4) is 6.07 Å². The zero-order chi connectivity index (χ0) is 24.9. The van der Waals surface area contributed by atoms with Crippen LogP contribution in [0.2, 0.25) is 0 Å². The Morgan fingerprint density at radius 2 is 1.82 bits per heavy atom. The van der Waals surface area contributed by atoms with Gasteiger partial charge in [0.15, 0.2) is 0 Å². The van der Waals surface area contributed by atoms with Gasteiger partial charge in [-0.3, -0.25) is 4.79 Å². The number of carbonyl (C=O) groups is 2. The van der Waals surface area contributed by atoms with E-state index in [0.717, 1.165) is 43.9 Å². The van der Waals surface area contributed by atoms with Crippen molar-refractivity contribution in [3.63, 3.8) is 0 Å². The summed E-state index contributed by atoms with van der Waals surface area (Å²) in [6.07, 6.45) is 4.33. The molecule has 0 aliphatic heterocycles. The van der Waals surface area contributed by atoms with Crippen LogP contribution in [0.1, 0.15) is 38.7 Å². The summed E-state index contributed by atoms with van der Waals surface area (Å²) in [6.45, 7) is 6.71. The van der Waals surface area contributed by atoms with E-state index in [4.69, 9.17) is 10.00 Å². The second kappa shape index (κ2) is 19.7. The number of rotatable bonds is 13. The Morgan fingerprint density at radius 1 is 1.15 bits per heavy atom. The molecule has 0 radical (unpaired) electrons. The minimum absolute atomic E-state index is 0.0977. The summed E-state index contributed by atoms with van der Waals surface area (Å²) in [6, 6.07) is 11.5. The van der Waals surface area contributed by atoms with Gasteiger partial charge in [-0.05, 0) is 45.8 Å². The lowest BCUT2D eigenvalue weighted by molar-refractivity contribution is -0.123. The first-order valence-electron chi connectivity index (χ1n) is 11.2. The molecule has 0 fully saturated rings. The topological polar surface area (TPSA) is 110 Å². The molecule has 33 heavy (non-hydrogen) atoms. The van der Waals surface area contributed by atoms with Crippen molar-refractivity contribution in [2.45, 2.75) is 39.7 Å². The van der Waals surface area contributed by atoms with Crippen molar-refractivity contribution < 1.29 is 14.3 Å². The van der Waals surface area contributed by atoms with Gasteiger partial charge in [-0.1, -0.05) is 36.4 Å². The number of nitriles is 1. The summed E-state index contributed by atoms with van der Waals surface area (Å²) in [4.78, 5) is 23.9. The van der Waals surface area contributed by atoms with Crippen molar-refractivity contribution in [1.29, 1.82) is 5.26 Å². The van der Waals surface area contributed by atoms with Gasteiger partial charge in [0, 0.05) is 46.0 Å². The van der Waals surface area contributed by atoms with Crippen LogP contribution in [0.3, 0.4) is 0 Å².